The lowest BCUT2D eigenvalue weighted by Crippen LogP contribution is -2.35. The summed E-state index contributed by atoms with van der Waals surface area (Å²) in [5.41, 5.74) is 0.972. The van der Waals surface area contributed by atoms with Gasteiger partial charge in [0.05, 0.1) is 17.4 Å². The number of nitrogens with one attached hydrogen (secondary N) is 1. The average Bonchev–Trinajstić information content (AvgIpc) is 3.15. The largest absolute Gasteiger partial charge is 0.454 e. The molecule has 1 saturated carbocycles. The first-order valence-electron chi connectivity index (χ1n) is 9.36. The lowest BCUT2D eigenvalue weighted by atomic mass is 10.00. The molecule has 2 aromatic heterocycles. The van der Waals surface area contributed by atoms with Crippen LogP contribution in [0.1, 0.15) is 25.0 Å². The molecule has 28 heavy (non-hydrogen) atoms. The number of aromatic nitrogens is 3. The lowest BCUT2D eigenvalue weighted by Gasteiger charge is -2.12. The summed E-state index contributed by atoms with van der Waals surface area (Å²) in [6.07, 6.45) is 7.86. The van der Waals surface area contributed by atoms with Crippen molar-refractivity contribution < 1.29 is 18.8 Å². The van der Waals surface area contributed by atoms with E-state index in [9.17, 15) is 4.79 Å². The smallest absolute Gasteiger partial charge is 0.232 e. The summed E-state index contributed by atoms with van der Waals surface area (Å²) in [7, 11) is 0. The van der Waals surface area contributed by atoms with Gasteiger partial charge in [-0.05, 0) is 37.5 Å². The highest BCUT2D eigenvalue weighted by atomic mass is 16.7. The molecule has 0 spiro atoms. The second-order valence-electron chi connectivity index (χ2n) is 7.14. The maximum absolute atomic E-state index is 12.7. The summed E-state index contributed by atoms with van der Waals surface area (Å²) in [5.74, 6) is 2.04. The predicted octanol–water partition coefficient (Wildman–Crippen LogP) is 2.50. The molecule has 1 aromatic carbocycles. The number of ether oxygens (including phenoxy) is 2. The van der Waals surface area contributed by atoms with E-state index in [4.69, 9.17) is 14.0 Å². The van der Waals surface area contributed by atoms with E-state index in [2.05, 4.69) is 15.5 Å². The third-order valence-electron chi connectivity index (χ3n) is 5.28. The van der Waals surface area contributed by atoms with Crippen LogP contribution in [-0.2, 0) is 16.8 Å². The fraction of sp³-hybridized carbons (Fsp3) is 0.350. The number of fused-ring (bicyclic) bond motifs is 1. The van der Waals surface area contributed by atoms with Crippen molar-refractivity contribution in [2.75, 3.05) is 13.3 Å². The van der Waals surface area contributed by atoms with Crippen LogP contribution in [0.2, 0.25) is 0 Å². The Labute approximate surface area is 161 Å². The van der Waals surface area contributed by atoms with E-state index in [-0.39, 0.29) is 12.7 Å². The molecule has 0 atom stereocenters. The minimum atomic E-state index is -0.562. The summed E-state index contributed by atoms with van der Waals surface area (Å²) in [4.78, 5) is 16.8. The third kappa shape index (κ3) is 3.00. The fourth-order valence-corrected chi connectivity index (χ4v) is 3.46. The van der Waals surface area contributed by atoms with Crippen molar-refractivity contribution in [3.05, 3.63) is 48.7 Å². The van der Waals surface area contributed by atoms with Crippen LogP contribution in [0.25, 0.3) is 11.3 Å². The van der Waals surface area contributed by atoms with Gasteiger partial charge in [0, 0.05) is 37.1 Å². The molecule has 144 valence electrons. The normalized spacial score (nSPS) is 16.1. The number of hydrogen-bond acceptors (Lipinski definition) is 6. The summed E-state index contributed by atoms with van der Waals surface area (Å²) >= 11 is 0. The molecule has 5 rings (SSSR count). The Morgan fingerprint density at radius 3 is 2.93 bits per heavy atom. The van der Waals surface area contributed by atoms with Crippen LogP contribution in [0.5, 0.6) is 11.5 Å². The van der Waals surface area contributed by atoms with E-state index in [1.807, 2.05) is 35.0 Å². The third-order valence-corrected chi connectivity index (χ3v) is 5.28. The number of hydrogen-bond donors (Lipinski definition) is 1. The minimum Gasteiger partial charge on any atom is -0.454 e. The number of carbonyl (C=O) groups is 1. The Morgan fingerprint density at radius 2 is 2.11 bits per heavy atom. The minimum absolute atomic E-state index is 0.0173. The molecule has 0 bridgehead atoms. The van der Waals surface area contributed by atoms with Crippen molar-refractivity contribution in [1.29, 1.82) is 0 Å². The van der Waals surface area contributed by atoms with Crippen LogP contribution in [0, 0.1) is 0 Å². The molecule has 1 aliphatic carbocycles. The van der Waals surface area contributed by atoms with Gasteiger partial charge in [-0.15, -0.1) is 0 Å². The zero-order chi connectivity index (χ0) is 19.0. The van der Waals surface area contributed by atoms with E-state index in [0.717, 1.165) is 37.1 Å². The zero-order valence-electron chi connectivity index (χ0n) is 15.3. The first-order chi connectivity index (χ1) is 13.7. The standard InChI is InChI=1S/C20H20N4O4/c25-19(22-6-1-8-24-9-7-21-12-24)20(4-5-20)18-11-16(28-23-18)14-2-3-15-17(10-14)27-13-26-15/h2-3,7,9-12H,1,4-6,8,13H2,(H,22,25). The van der Waals surface area contributed by atoms with Crippen molar-refractivity contribution in [2.24, 2.45) is 0 Å². The number of rotatable bonds is 7. The molecular formula is C20H20N4O4. The Kier molecular flexibility index (Phi) is 4.03. The number of nitrogens with zero attached hydrogens (tertiary/aromatic N) is 3. The molecule has 0 unspecified atom stereocenters. The van der Waals surface area contributed by atoms with Gasteiger partial charge in [0.25, 0.3) is 0 Å². The summed E-state index contributed by atoms with van der Waals surface area (Å²) < 4.78 is 18.3. The van der Waals surface area contributed by atoms with Crippen LogP contribution >= 0.6 is 0 Å². The van der Waals surface area contributed by atoms with E-state index in [1.165, 1.54) is 0 Å². The second kappa shape index (κ2) is 6.70. The van der Waals surface area contributed by atoms with Gasteiger partial charge in [0.1, 0.15) is 0 Å². The number of aryl methyl sites for hydroxylation is 1. The Bertz CT molecular complexity index is 992. The monoisotopic (exact) mass is 380 g/mol. The van der Waals surface area contributed by atoms with Gasteiger partial charge in [0.15, 0.2) is 17.3 Å². The molecule has 3 aromatic rings. The maximum Gasteiger partial charge on any atom is 0.232 e. The van der Waals surface area contributed by atoms with Crippen molar-refractivity contribution in [3.63, 3.8) is 0 Å². The first kappa shape index (κ1) is 16.9. The molecule has 3 heterocycles. The van der Waals surface area contributed by atoms with Crippen molar-refractivity contribution in [2.45, 2.75) is 31.2 Å². The number of benzene rings is 1. The zero-order valence-corrected chi connectivity index (χ0v) is 15.3. The van der Waals surface area contributed by atoms with Crippen molar-refractivity contribution in [3.8, 4) is 22.8 Å². The second-order valence-corrected chi connectivity index (χ2v) is 7.14. The molecule has 1 amide bonds. The van der Waals surface area contributed by atoms with Crippen LogP contribution < -0.4 is 14.8 Å². The highest BCUT2D eigenvalue weighted by Gasteiger charge is 2.53. The van der Waals surface area contributed by atoms with Crippen LogP contribution in [0.4, 0.5) is 0 Å². The molecule has 0 radical (unpaired) electrons. The van der Waals surface area contributed by atoms with Gasteiger partial charge in [-0.1, -0.05) is 5.16 Å². The van der Waals surface area contributed by atoms with Crippen molar-refractivity contribution >= 4 is 5.91 Å². The quantitative estimate of drug-likeness (QED) is 0.633. The van der Waals surface area contributed by atoms with Crippen LogP contribution in [0.3, 0.4) is 0 Å². The summed E-state index contributed by atoms with van der Waals surface area (Å²) in [6.45, 7) is 1.67. The summed E-state index contributed by atoms with van der Waals surface area (Å²) in [5, 5.41) is 7.23. The molecule has 1 fully saturated rings. The topological polar surface area (TPSA) is 91.4 Å². The van der Waals surface area contributed by atoms with Gasteiger partial charge < -0.3 is 23.9 Å². The van der Waals surface area contributed by atoms with Gasteiger partial charge in [-0.25, -0.2) is 4.98 Å². The number of carbonyl (C=O) groups excluding carboxylic acids is 1. The highest BCUT2D eigenvalue weighted by molar-refractivity contribution is 5.91. The Hall–Kier alpha value is -3.29. The maximum atomic E-state index is 12.7. The number of imidazole rings is 1. The highest BCUT2D eigenvalue weighted by Crippen LogP contribution is 2.49. The molecule has 8 heteroatoms. The first-order valence-corrected chi connectivity index (χ1v) is 9.36. The molecule has 8 nitrogen and oxygen atoms in total. The molecule has 2 aliphatic rings. The van der Waals surface area contributed by atoms with Gasteiger partial charge in [0.2, 0.25) is 12.7 Å². The predicted molar refractivity (Wildman–Crippen MR) is 98.8 cm³/mol. The van der Waals surface area contributed by atoms with E-state index in [0.29, 0.717) is 23.7 Å². The van der Waals surface area contributed by atoms with Gasteiger partial charge in [-0.2, -0.15) is 0 Å². The molecular weight excluding hydrogens is 360 g/mol. The van der Waals surface area contributed by atoms with Gasteiger partial charge >= 0.3 is 0 Å². The van der Waals surface area contributed by atoms with Crippen LogP contribution in [-0.4, -0.2) is 34.0 Å². The van der Waals surface area contributed by atoms with Crippen molar-refractivity contribution in [1.82, 2.24) is 20.0 Å². The average molecular weight is 380 g/mol. The van der Waals surface area contributed by atoms with Crippen LogP contribution in [0.15, 0.2) is 47.5 Å². The molecule has 1 N–H and O–H groups in total. The van der Waals surface area contributed by atoms with E-state index in [1.54, 1.807) is 12.5 Å². The number of amides is 1. The van der Waals surface area contributed by atoms with E-state index < -0.39 is 5.41 Å². The fourth-order valence-electron chi connectivity index (χ4n) is 3.46. The summed E-state index contributed by atoms with van der Waals surface area (Å²) in [6, 6.07) is 7.46. The van der Waals surface area contributed by atoms with Gasteiger partial charge in [-0.3, -0.25) is 4.79 Å². The Morgan fingerprint density at radius 1 is 1.21 bits per heavy atom. The Balaban J connectivity index is 1.24. The lowest BCUT2D eigenvalue weighted by molar-refractivity contribution is -0.123. The molecule has 1 aliphatic heterocycles. The SMILES string of the molecule is O=C(NCCCn1ccnc1)C1(c2cc(-c3ccc4c(c3)OCO4)on2)CC1. The molecule has 0 saturated heterocycles. The van der Waals surface area contributed by atoms with E-state index >= 15 is 0 Å².